The van der Waals surface area contributed by atoms with E-state index in [0.717, 1.165) is 18.4 Å². The fraction of sp³-hybridized carbons (Fsp3) is 0.538. The average molecular weight is 234 g/mol. The van der Waals surface area contributed by atoms with Gasteiger partial charge in [0.15, 0.2) is 0 Å². The second-order valence-corrected chi connectivity index (χ2v) is 4.66. The number of ether oxygens (including phenoxy) is 1. The Morgan fingerprint density at radius 3 is 2.71 bits per heavy atom. The zero-order valence-electron chi connectivity index (χ0n) is 10.5. The summed E-state index contributed by atoms with van der Waals surface area (Å²) in [5.74, 6) is 0.855. The van der Waals surface area contributed by atoms with Crippen molar-refractivity contribution in [1.29, 1.82) is 0 Å². The summed E-state index contributed by atoms with van der Waals surface area (Å²) in [5.41, 5.74) is 1.53. The summed E-state index contributed by atoms with van der Waals surface area (Å²) in [7, 11) is 1.62. The van der Waals surface area contributed by atoms with Crippen LogP contribution in [0.3, 0.4) is 0 Å². The monoisotopic (exact) mass is 234 g/mol. The molecule has 1 aromatic heterocycles. The van der Waals surface area contributed by atoms with Crippen molar-refractivity contribution in [2.75, 3.05) is 7.05 Å². The molecule has 1 aliphatic rings. The van der Waals surface area contributed by atoms with Crippen LogP contribution in [0, 0.1) is 0 Å². The van der Waals surface area contributed by atoms with E-state index in [-0.39, 0.29) is 12.0 Å². The molecule has 1 amide bonds. The lowest BCUT2D eigenvalue weighted by Crippen LogP contribution is -2.20. The Morgan fingerprint density at radius 2 is 2.18 bits per heavy atom. The molecule has 1 aliphatic carbocycles. The van der Waals surface area contributed by atoms with Crippen molar-refractivity contribution in [2.45, 2.75) is 38.7 Å². The number of rotatable bonds is 4. The van der Waals surface area contributed by atoms with Gasteiger partial charge in [-0.05, 0) is 18.8 Å². The maximum atomic E-state index is 11.8. The van der Waals surface area contributed by atoms with Gasteiger partial charge in [0.25, 0.3) is 5.91 Å². The summed E-state index contributed by atoms with van der Waals surface area (Å²) in [6.07, 6.45) is 5.79. The van der Waals surface area contributed by atoms with Gasteiger partial charge in [-0.3, -0.25) is 9.78 Å². The normalized spacial score (nSPS) is 14.8. The molecule has 1 fully saturated rings. The molecule has 0 atom stereocenters. The van der Waals surface area contributed by atoms with E-state index in [1.807, 2.05) is 0 Å². The van der Waals surface area contributed by atoms with Crippen LogP contribution < -0.4 is 10.1 Å². The summed E-state index contributed by atoms with van der Waals surface area (Å²) in [5, 5.41) is 2.62. The second-order valence-electron chi connectivity index (χ2n) is 4.66. The summed E-state index contributed by atoms with van der Waals surface area (Å²) in [4.78, 5) is 15.9. The van der Waals surface area contributed by atoms with Crippen LogP contribution in [-0.2, 0) is 0 Å². The van der Waals surface area contributed by atoms with Crippen LogP contribution >= 0.6 is 0 Å². The third-order valence-corrected chi connectivity index (χ3v) is 2.83. The first-order valence-electron chi connectivity index (χ1n) is 6.00. The van der Waals surface area contributed by atoms with Crippen LogP contribution in [0.2, 0.25) is 0 Å². The molecule has 4 heteroatoms. The molecule has 1 N–H and O–H groups in total. The van der Waals surface area contributed by atoms with Crippen LogP contribution in [0.5, 0.6) is 5.75 Å². The molecule has 0 aromatic carbocycles. The second kappa shape index (κ2) is 4.73. The fourth-order valence-corrected chi connectivity index (χ4v) is 1.66. The quantitative estimate of drug-likeness (QED) is 0.868. The van der Waals surface area contributed by atoms with E-state index < -0.39 is 0 Å². The van der Waals surface area contributed by atoms with Crippen molar-refractivity contribution in [2.24, 2.45) is 0 Å². The molecule has 0 unspecified atom stereocenters. The highest BCUT2D eigenvalue weighted by Crippen LogP contribution is 2.34. The highest BCUT2D eigenvalue weighted by Gasteiger charge is 2.28. The van der Waals surface area contributed by atoms with Crippen molar-refractivity contribution in [3.63, 3.8) is 0 Å². The van der Waals surface area contributed by atoms with E-state index in [1.165, 1.54) is 0 Å². The van der Waals surface area contributed by atoms with Crippen molar-refractivity contribution in [1.82, 2.24) is 10.3 Å². The standard InChI is InChI=1S/C13H18N2O2/c1-8(2)10-6-15-7-11(13(16)14-3)12(10)17-9-4-5-9/h6-9H,4-5H2,1-3H3,(H,14,16). The first-order valence-corrected chi connectivity index (χ1v) is 6.00. The van der Waals surface area contributed by atoms with Gasteiger partial charge in [-0.25, -0.2) is 0 Å². The average Bonchev–Trinajstić information content (AvgIpc) is 3.12. The lowest BCUT2D eigenvalue weighted by molar-refractivity contribution is 0.0958. The lowest BCUT2D eigenvalue weighted by atomic mass is 10.0. The molecular formula is C13H18N2O2. The molecule has 4 nitrogen and oxygen atoms in total. The number of nitrogens with one attached hydrogen (secondary N) is 1. The maximum absolute atomic E-state index is 11.8. The van der Waals surface area contributed by atoms with E-state index in [9.17, 15) is 4.79 Å². The molecule has 92 valence electrons. The summed E-state index contributed by atoms with van der Waals surface area (Å²) >= 11 is 0. The molecule has 1 heterocycles. The Bertz CT molecular complexity index is 425. The SMILES string of the molecule is CNC(=O)c1cncc(C(C)C)c1OC1CC1. The van der Waals surface area contributed by atoms with Crippen molar-refractivity contribution >= 4 is 5.91 Å². The number of carbonyl (C=O) groups excluding carboxylic acids is 1. The highest BCUT2D eigenvalue weighted by atomic mass is 16.5. The number of hydrogen-bond acceptors (Lipinski definition) is 3. The smallest absolute Gasteiger partial charge is 0.256 e. The Labute approximate surface area is 101 Å². The molecule has 0 radical (unpaired) electrons. The van der Waals surface area contributed by atoms with Gasteiger partial charge in [0.1, 0.15) is 5.75 Å². The first kappa shape index (κ1) is 11.9. The minimum atomic E-state index is -0.143. The van der Waals surface area contributed by atoms with E-state index in [2.05, 4.69) is 24.1 Å². The molecule has 2 rings (SSSR count). The predicted octanol–water partition coefficient (Wildman–Crippen LogP) is 2.11. The number of aromatic nitrogens is 1. The summed E-state index contributed by atoms with van der Waals surface area (Å²) < 4.78 is 5.87. The van der Waals surface area contributed by atoms with Crippen LogP contribution in [0.1, 0.15) is 48.5 Å². The van der Waals surface area contributed by atoms with Gasteiger partial charge in [-0.15, -0.1) is 0 Å². The van der Waals surface area contributed by atoms with Crippen molar-refractivity contribution in [3.05, 3.63) is 23.5 Å². The van der Waals surface area contributed by atoms with Gasteiger partial charge in [-0.2, -0.15) is 0 Å². The van der Waals surface area contributed by atoms with E-state index in [0.29, 0.717) is 17.2 Å². The molecule has 1 saturated carbocycles. The van der Waals surface area contributed by atoms with E-state index >= 15 is 0 Å². The summed E-state index contributed by atoms with van der Waals surface area (Å²) in [6.45, 7) is 4.15. The van der Waals surface area contributed by atoms with Crippen molar-refractivity contribution in [3.8, 4) is 5.75 Å². The zero-order chi connectivity index (χ0) is 12.4. The predicted molar refractivity (Wildman–Crippen MR) is 65.4 cm³/mol. The Morgan fingerprint density at radius 1 is 1.47 bits per heavy atom. The van der Waals surface area contributed by atoms with Crippen LogP contribution in [0.4, 0.5) is 0 Å². The molecule has 0 saturated heterocycles. The topological polar surface area (TPSA) is 51.2 Å². The maximum Gasteiger partial charge on any atom is 0.256 e. The number of carbonyl (C=O) groups is 1. The van der Waals surface area contributed by atoms with Gasteiger partial charge in [0.05, 0.1) is 11.7 Å². The molecule has 1 aromatic rings. The third-order valence-electron chi connectivity index (χ3n) is 2.83. The third kappa shape index (κ3) is 2.57. The fourth-order valence-electron chi connectivity index (χ4n) is 1.66. The van der Waals surface area contributed by atoms with Gasteiger partial charge in [0, 0.05) is 25.0 Å². The van der Waals surface area contributed by atoms with Crippen molar-refractivity contribution < 1.29 is 9.53 Å². The van der Waals surface area contributed by atoms with Crippen LogP contribution in [0.25, 0.3) is 0 Å². The Balaban J connectivity index is 2.41. The molecular weight excluding hydrogens is 216 g/mol. The van der Waals surface area contributed by atoms with E-state index in [1.54, 1.807) is 19.4 Å². The van der Waals surface area contributed by atoms with Gasteiger partial charge in [-0.1, -0.05) is 13.8 Å². The number of hydrogen-bond donors (Lipinski definition) is 1. The van der Waals surface area contributed by atoms with E-state index in [4.69, 9.17) is 4.74 Å². The van der Waals surface area contributed by atoms with Gasteiger partial charge < -0.3 is 10.1 Å². The van der Waals surface area contributed by atoms with Gasteiger partial charge >= 0.3 is 0 Å². The minimum Gasteiger partial charge on any atom is -0.489 e. The molecule has 0 spiro atoms. The van der Waals surface area contributed by atoms with Crippen LogP contribution in [0.15, 0.2) is 12.4 Å². The molecule has 17 heavy (non-hydrogen) atoms. The lowest BCUT2D eigenvalue weighted by Gasteiger charge is -2.16. The molecule has 0 aliphatic heterocycles. The van der Waals surface area contributed by atoms with Crippen LogP contribution in [-0.4, -0.2) is 24.0 Å². The van der Waals surface area contributed by atoms with Gasteiger partial charge in [0.2, 0.25) is 0 Å². The number of amides is 1. The molecule has 0 bridgehead atoms. The number of nitrogens with zero attached hydrogens (tertiary/aromatic N) is 1. The largest absolute Gasteiger partial charge is 0.489 e. The number of pyridine rings is 1. The first-order chi connectivity index (χ1) is 8.13. The highest BCUT2D eigenvalue weighted by molar-refractivity contribution is 5.96. The minimum absolute atomic E-state index is 0.143. The zero-order valence-corrected chi connectivity index (χ0v) is 10.5. The Kier molecular flexibility index (Phi) is 3.31. The summed E-state index contributed by atoms with van der Waals surface area (Å²) in [6, 6.07) is 0. The Hall–Kier alpha value is -1.58.